The Kier molecular flexibility index (Phi) is 7.48. The van der Waals surface area contributed by atoms with Crippen LogP contribution >= 0.6 is 11.3 Å². The third-order valence-corrected chi connectivity index (χ3v) is 7.73. The minimum absolute atomic E-state index is 0.132. The predicted octanol–water partition coefficient (Wildman–Crippen LogP) is 3.33. The van der Waals surface area contributed by atoms with Gasteiger partial charge in [0.2, 0.25) is 10.0 Å². The number of fused-ring (bicyclic) bond motifs is 1. The minimum atomic E-state index is -5.08. The van der Waals surface area contributed by atoms with Crippen LogP contribution in [0.25, 0.3) is 0 Å². The van der Waals surface area contributed by atoms with E-state index in [1.807, 2.05) is 6.07 Å². The number of likely N-dealkylation sites (tertiary alicyclic amines) is 1. The largest absolute Gasteiger partial charge is 0.492 e. The number of sulfonamides is 1. The Hall–Kier alpha value is -2.15. The Balaban J connectivity index is 0.000000360. The second-order valence-corrected chi connectivity index (χ2v) is 10.5. The summed E-state index contributed by atoms with van der Waals surface area (Å²) in [6.07, 6.45) is -3.22. The molecule has 0 radical (unpaired) electrons. The maximum absolute atomic E-state index is 12.5. The number of hydrogen-bond donors (Lipinski definition) is 2. The van der Waals surface area contributed by atoms with Gasteiger partial charge in [-0.05, 0) is 49.5 Å². The summed E-state index contributed by atoms with van der Waals surface area (Å²) in [5, 5.41) is 9.23. The highest BCUT2D eigenvalue weighted by atomic mass is 32.2. The van der Waals surface area contributed by atoms with Gasteiger partial charge < -0.3 is 9.84 Å². The van der Waals surface area contributed by atoms with Crippen molar-refractivity contribution in [2.45, 2.75) is 30.5 Å². The number of piperidine rings is 1. The standard InChI is InChI=1S/C18H22N2O3S2.C2HF3O2/c21-25(22)17-6-2-1-5-16(17)23-14-18(13-19-25)7-9-20(10-8-18)12-15-4-3-11-24-15;3-2(4,5)1(6)7/h1-6,11,19H,7-10,12-14H2;(H,6,7). The lowest BCUT2D eigenvalue weighted by Gasteiger charge is -2.42. The van der Waals surface area contributed by atoms with Gasteiger partial charge in [0.15, 0.2) is 0 Å². The minimum Gasteiger partial charge on any atom is -0.492 e. The summed E-state index contributed by atoms with van der Waals surface area (Å²) in [6.45, 7) is 3.90. The predicted molar refractivity (Wildman–Crippen MR) is 112 cm³/mol. The van der Waals surface area contributed by atoms with Crippen LogP contribution in [0.5, 0.6) is 5.75 Å². The number of halogens is 3. The van der Waals surface area contributed by atoms with Crippen LogP contribution in [0, 0.1) is 5.41 Å². The van der Waals surface area contributed by atoms with Crippen molar-refractivity contribution in [3.05, 3.63) is 46.7 Å². The number of carboxylic acid groups (broad SMARTS) is 1. The first-order valence-electron chi connectivity index (χ1n) is 9.77. The van der Waals surface area contributed by atoms with E-state index < -0.39 is 22.2 Å². The molecule has 1 spiro atoms. The van der Waals surface area contributed by atoms with Crippen molar-refractivity contribution < 1.29 is 36.2 Å². The zero-order chi connectivity index (χ0) is 23.4. The molecule has 0 saturated carbocycles. The van der Waals surface area contributed by atoms with Crippen molar-refractivity contribution in [2.24, 2.45) is 5.41 Å². The third-order valence-electron chi connectivity index (χ3n) is 5.43. The van der Waals surface area contributed by atoms with Gasteiger partial charge in [-0.2, -0.15) is 13.2 Å². The highest BCUT2D eigenvalue weighted by Gasteiger charge is 2.39. The number of nitrogens with zero attached hydrogens (tertiary/aromatic N) is 1. The molecule has 32 heavy (non-hydrogen) atoms. The van der Waals surface area contributed by atoms with E-state index in [4.69, 9.17) is 14.6 Å². The van der Waals surface area contributed by atoms with Gasteiger partial charge in [0, 0.05) is 23.4 Å². The van der Waals surface area contributed by atoms with E-state index in [0.717, 1.165) is 32.5 Å². The summed E-state index contributed by atoms with van der Waals surface area (Å²) in [4.78, 5) is 12.9. The van der Waals surface area contributed by atoms with Gasteiger partial charge >= 0.3 is 12.1 Å². The molecule has 1 fully saturated rings. The molecule has 3 heterocycles. The van der Waals surface area contributed by atoms with Crippen molar-refractivity contribution in [3.63, 3.8) is 0 Å². The molecular formula is C20H23F3N2O5S2. The monoisotopic (exact) mass is 492 g/mol. The Bertz CT molecular complexity index is 1020. The van der Waals surface area contributed by atoms with E-state index in [2.05, 4.69) is 27.1 Å². The molecule has 176 valence electrons. The van der Waals surface area contributed by atoms with E-state index >= 15 is 0 Å². The highest BCUT2D eigenvalue weighted by molar-refractivity contribution is 7.89. The van der Waals surface area contributed by atoms with Crippen LogP contribution in [0.4, 0.5) is 13.2 Å². The summed E-state index contributed by atoms with van der Waals surface area (Å²) in [5.41, 5.74) is -0.132. The molecule has 1 aromatic heterocycles. The van der Waals surface area contributed by atoms with Gasteiger partial charge in [0.05, 0.1) is 6.61 Å². The Morgan fingerprint density at radius 2 is 1.84 bits per heavy atom. The first-order valence-corrected chi connectivity index (χ1v) is 12.1. The highest BCUT2D eigenvalue weighted by Crippen LogP contribution is 2.36. The maximum atomic E-state index is 12.5. The molecule has 0 atom stereocenters. The second kappa shape index (κ2) is 9.77. The number of ether oxygens (including phenoxy) is 1. The molecule has 2 aliphatic rings. The van der Waals surface area contributed by atoms with E-state index in [9.17, 15) is 21.6 Å². The number of nitrogens with one attached hydrogen (secondary N) is 1. The zero-order valence-corrected chi connectivity index (χ0v) is 18.6. The van der Waals surface area contributed by atoms with Gasteiger partial charge in [-0.15, -0.1) is 11.3 Å². The van der Waals surface area contributed by atoms with Gasteiger partial charge in [-0.1, -0.05) is 18.2 Å². The van der Waals surface area contributed by atoms with Crippen LogP contribution in [0.15, 0.2) is 46.7 Å². The molecule has 1 aromatic carbocycles. The van der Waals surface area contributed by atoms with Gasteiger partial charge in [-0.25, -0.2) is 17.9 Å². The number of para-hydroxylation sites is 1. The van der Waals surface area contributed by atoms with Crippen LogP contribution in [-0.4, -0.2) is 56.8 Å². The lowest BCUT2D eigenvalue weighted by molar-refractivity contribution is -0.192. The molecule has 0 bridgehead atoms. The molecule has 12 heteroatoms. The van der Waals surface area contributed by atoms with E-state index in [0.29, 0.717) is 18.9 Å². The average molecular weight is 493 g/mol. The molecule has 7 nitrogen and oxygen atoms in total. The molecule has 2 aromatic rings. The van der Waals surface area contributed by atoms with Crippen LogP contribution in [0.3, 0.4) is 0 Å². The number of hydrogen-bond acceptors (Lipinski definition) is 6. The Morgan fingerprint density at radius 3 is 2.44 bits per heavy atom. The number of carboxylic acids is 1. The first kappa shape index (κ1) is 24.5. The zero-order valence-electron chi connectivity index (χ0n) is 17.0. The van der Waals surface area contributed by atoms with Gasteiger partial charge in [0.25, 0.3) is 0 Å². The summed E-state index contributed by atoms with van der Waals surface area (Å²) in [7, 11) is -3.52. The second-order valence-electron chi connectivity index (χ2n) is 7.72. The SMILES string of the molecule is O=C(O)C(F)(F)F.O=S1(=O)NCC2(CCN(Cc3cccs3)CC2)COc2ccccc21. The number of alkyl halides is 3. The van der Waals surface area contributed by atoms with Crippen LogP contribution < -0.4 is 9.46 Å². The van der Waals surface area contributed by atoms with E-state index in [-0.39, 0.29) is 10.3 Å². The quantitative estimate of drug-likeness (QED) is 0.668. The molecule has 4 rings (SSSR count). The Morgan fingerprint density at radius 1 is 1.19 bits per heavy atom. The molecule has 0 amide bonds. The maximum Gasteiger partial charge on any atom is 0.490 e. The smallest absolute Gasteiger partial charge is 0.490 e. The third kappa shape index (κ3) is 6.21. The summed E-state index contributed by atoms with van der Waals surface area (Å²) >= 11 is 1.78. The fraction of sp³-hybridized carbons (Fsp3) is 0.450. The van der Waals surface area contributed by atoms with Crippen molar-refractivity contribution in [2.75, 3.05) is 26.2 Å². The Labute approximate surface area is 187 Å². The molecule has 1 saturated heterocycles. The van der Waals surface area contributed by atoms with E-state index in [1.165, 1.54) is 4.88 Å². The van der Waals surface area contributed by atoms with Crippen LogP contribution in [-0.2, 0) is 21.4 Å². The van der Waals surface area contributed by atoms with Gasteiger partial charge in [0.1, 0.15) is 10.6 Å². The normalized spacial score (nSPS) is 20.1. The van der Waals surface area contributed by atoms with Crippen LogP contribution in [0.2, 0.25) is 0 Å². The molecule has 0 aliphatic carbocycles. The fourth-order valence-electron chi connectivity index (χ4n) is 3.53. The number of carbonyl (C=O) groups is 1. The molecule has 2 aliphatic heterocycles. The molecular weight excluding hydrogens is 469 g/mol. The van der Waals surface area contributed by atoms with Crippen molar-refractivity contribution in [3.8, 4) is 5.75 Å². The number of benzene rings is 1. The number of rotatable bonds is 2. The van der Waals surface area contributed by atoms with E-state index in [1.54, 1.807) is 29.5 Å². The fourth-order valence-corrected chi connectivity index (χ4v) is 5.58. The summed E-state index contributed by atoms with van der Waals surface area (Å²) < 4.78 is 65.6. The lowest BCUT2D eigenvalue weighted by atomic mass is 9.79. The number of aliphatic carboxylic acids is 1. The number of thiophene rings is 1. The topological polar surface area (TPSA) is 95.9 Å². The van der Waals surface area contributed by atoms with Crippen molar-refractivity contribution in [1.29, 1.82) is 0 Å². The molecule has 2 N–H and O–H groups in total. The lowest BCUT2D eigenvalue weighted by Crippen LogP contribution is -2.49. The van der Waals surface area contributed by atoms with Crippen molar-refractivity contribution in [1.82, 2.24) is 9.62 Å². The molecule has 0 unspecified atom stereocenters. The average Bonchev–Trinajstić information content (AvgIpc) is 3.25. The van der Waals surface area contributed by atoms with Crippen LogP contribution in [0.1, 0.15) is 17.7 Å². The summed E-state index contributed by atoms with van der Waals surface area (Å²) in [5.74, 6) is -2.30. The van der Waals surface area contributed by atoms with Crippen molar-refractivity contribution >= 4 is 27.3 Å². The van der Waals surface area contributed by atoms with Gasteiger partial charge in [-0.3, -0.25) is 4.90 Å². The first-order chi connectivity index (χ1) is 15.0. The summed E-state index contributed by atoms with van der Waals surface area (Å²) in [6, 6.07) is 11.1.